The quantitative estimate of drug-likeness (QED) is 0.506. The van der Waals surface area contributed by atoms with E-state index in [0.29, 0.717) is 17.3 Å². The second-order valence-corrected chi connectivity index (χ2v) is 7.05. The number of hydrogen-bond donors (Lipinski definition) is 3. The molecule has 0 radical (unpaired) electrons. The SMILES string of the molecule is Cc1c(C(=O)Nc2cnc3[nH]c(-c4ccccc4)cc3c2)n[nH]c1C1CC1. The number of benzene rings is 1. The van der Waals surface area contributed by atoms with E-state index in [2.05, 4.69) is 25.5 Å². The highest BCUT2D eigenvalue weighted by Gasteiger charge is 2.29. The highest BCUT2D eigenvalue weighted by atomic mass is 16.1. The highest BCUT2D eigenvalue weighted by Crippen LogP contribution is 2.41. The molecule has 134 valence electrons. The van der Waals surface area contributed by atoms with Crippen molar-refractivity contribution < 1.29 is 4.79 Å². The van der Waals surface area contributed by atoms with Gasteiger partial charge in [0.15, 0.2) is 5.69 Å². The lowest BCUT2D eigenvalue weighted by atomic mass is 10.1. The molecule has 1 amide bonds. The maximum absolute atomic E-state index is 12.6. The lowest BCUT2D eigenvalue weighted by Crippen LogP contribution is -2.13. The molecule has 1 saturated carbocycles. The van der Waals surface area contributed by atoms with E-state index in [1.54, 1.807) is 6.20 Å². The minimum Gasteiger partial charge on any atom is -0.339 e. The molecule has 3 aromatic heterocycles. The average molecular weight is 357 g/mol. The Bertz CT molecular complexity index is 1140. The maximum Gasteiger partial charge on any atom is 0.276 e. The Hall–Kier alpha value is -3.41. The Labute approximate surface area is 156 Å². The molecule has 27 heavy (non-hydrogen) atoms. The second kappa shape index (κ2) is 6.09. The summed E-state index contributed by atoms with van der Waals surface area (Å²) in [5.41, 5.74) is 6.03. The summed E-state index contributed by atoms with van der Waals surface area (Å²) in [5, 5.41) is 11.1. The predicted molar refractivity (Wildman–Crippen MR) is 105 cm³/mol. The van der Waals surface area contributed by atoms with Gasteiger partial charge in [0.1, 0.15) is 5.65 Å². The van der Waals surface area contributed by atoms with Gasteiger partial charge in [-0.25, -0.2) is 4.98 Å². The van der Waals surface area contributed by atoms with Crippen LogP contribution in [0, 0.1) is 6.92 Å². The van der Waals surface area contributed by atoms with Crippen LogP contribution in [0.2, 0.25) is 0 Å². The molecule has 6 heteroatoms. The molecule has 6 nitrogen and oxygen atoms in total. The summed E-state index contributed by atoms with van der Waals surface area (Å²) in [6, 6.07) is 14.1. The van der Waals surface area contributed by atoms with Crippen molar-refractivity contribution >= 4 is 22.6 Å². The van der Waals surface area contributed by atoms with Crippen molar-refractivity contribution in [2.75, 3.05) is 5.32 Å². The number of carbonyl (C=O) groups excluding carboxylic acids is 1. The van der Waals surface area contributed by atoms with Crippen molar-refractivity contribution in [3.63, 3.8) is 0 Å². The van der Waals surface area contributed by atoms with Crippen molar-refractivity contribution in [2.24, 2.45) is 0 Å². The van der Waals surface area contributed by atoms with E-state index in [1.807, 2.05) is 49.4 Å². The lowest BCUT2D eigenvalue weighted by molar-refractivity contribution is 0.102. The van der Waals surface area contributed by atoms with E-state index < -0.39 is 0 Å². The number of fused-ring (bicyclic) bond motifs is 1. The first kappa shape index (κ1) is 15.8. The van der Waals surface area contributed by atoms with Crippen LogP contribution < -0.4 is 5.32 Å². The fraction of sp³-hybridized carbons (Fsp3) is 0.190. The smallest absolute Gasteiger partial charge is 0.276 e. The predicted octanol–water partition coefficient (Wildman–Crippen LogP) is 4.39. The van der Waals surface area contributed by atoms with Gasteiger partial charge in [-0.3, -0.25) is 9.89 Å². The van der Waals surface area contributed by atoms with Crippen molar-refractivity contribution in [1.82, 2.24) is 20.2 Å². The van der Waals surface area contributed by atoms with Crippen LogP contribution in [0.25, 0.3) is 22.3 Å². The van der Waals surface area contributed by atoms with Crippen LogP contribution in [0.15, 0.2) is 48.7 Å². The Morgan fingerprint density at radius 1 is 1.19 bits per heavy atom. The lowest BCUT2D eigenvalue weighted by Gasteiger charge is -2.04. The first-order valence-corrected chi connectivity index (χ1v) is 9.09. The van der Waals surface area contributed by atoms with E-state index in [9.17, 15) is 4.79 Å². The highest BCUT2D eigenvalue weighted by molar-refractivity contribution is 6.04. The molecule has 3 N–H and O–H groups in total. The normalized spacial score (nSPS) is 13.8. The molecule has 1 fully saturated rings. The van der Waals surface area contributed by atoms with Crippen LogP contribution >= 0.6 is 0 Å². The summed E-state index contributed by atoms with van der Waals surface area (Å²) in [4.78, 5) is 20.4. The standard InChI is InChI=1S/C21H19N5O/c1-12-18(14-7-8-14)25-26-19(12)21(27)23-16-9-15-10-17(24-20(15)22-11-16)13-5-3-2-4-6-13/h2-6,9-11,14H,7-8H2,1H3,(H,22,24)(H,23,27)(H,25,26). The van der Waals surface area contributed by atoms with Gasteiger partial charge in [0, 0.05) is 28.3 Å². The van der Waals surface area contributed by atoms with Gasteiger partial charge in [-0.15, -0.1) is 0 Å². The zero-order valence-corrected chi connectivity index (χ0v) is 14.9. The molecule has 0 saturated heterocycles. The minimum absolute atomic E-state index is 0.212. The number of anilines is 1. The van der Waals surface area contributed by atoms with Crippen LogP contribution in [0.4, 0.5) is 5.69 Å². The van der Waals surface area contributed by atoms with E-state index in [-0.39, 0.29) is 5.91 Å². The third-order valence-electron chi connectivity index (χ3n) is 5.06. The zero-order valence-electron chi connectivity index (χ0n) is 14.9. The number of carbonyl (C=O) groups is 1. The Morgan fingerprint density at radius 3 is 2.78 bits per heavy atom. The van der Waals surface area contributed by atoms with Crippen LogP contribution in [-0.4, -0.2) is 26.1 Å². The van der Waals surface area contributed by atoms with Crippen molar-refractivity contribution in [1.29, 1.82) is 0 Å². The summed E-state index contributed by atoms with van der Waals surface area (Å²) in [6.07, 6.45) is 4.00. The number of aromatic amines is 2. The molecule has 1 aliphatic rings. The van der Waals surface area contributed by atoms with E-state index in [4.69, 9.17) is 0 Å². The molecule has 1 aromatic carbocycles. The molecule has 0 aliphatic heterocycles. The number of amides is 1. The van der Waals surface area contributed by atoms with Gasteiger partial charge in [-0.05, 0) is 37.5 Å². The number of pyridine rings is 1. The number of H-pyrrole nitrogens is 2. The minimum atomic E-state index is -0.212. The van der Waals surface area contributed by atoms with E-state index in [1.165, 1.54) is 12.8 Å². The molecule has 0 unspecified atom stereocenters. The first-order valence-electron chi connectivity index (χ1n) is 9.09. The molecular formula is C21H19N5O. The van der Waals surface area contributed by atoms with Crippen LogP contribution in [0.3, 0.4) is 0 Å². The molecule has 1 aliphatic carbocycles. The average Bonchev–Trinajstić information content (AvgIpc) is 3.31. The second-order valence-electron chi connectivity index (χ2n) is 7.05. The summed E-state index contributed by atoms with van der Waals surface area (Å²) in [5.74, 6) is 0.323. The number of nitrogens with zero attached hydrogens (tertiary/aromatic N) is 2. The van der Waals surface area contributed by atoms with Gasteiger partial charge >= 0.3 is 0 Å². The van der Waals surface area contributed by atoms with Crippen LogP contribution in [0.1, 0.15) is 40.5 Å². The van der Waals surface area contributed by atoms with Gasteiger partial charge in [-0.2, -0.15) is 5.10 Å². The van der Waals surface area contributed by atoms with Gasteiger partial charge in [0.2, 0.25) is 0 Å². The molecule has 0 spiro atoms. The summed E-state index contributed by atoms with van der Waals surface area (Å²) < 4.78 is 0. The van der Waals surface area contributed by atoms with Crippen molar-refractivity contribution in [2.45, 2.75) is 25.7 Å². The zero-order chi connectivity index (χ0) is 18.4. The van der Waals surface area contributed by atoms with E-state index in [0.717, 1.165) is 33.5 Å². The molecule has 0 bridgehead atoms. The Morgan fingerprint density at radius 2 is 2.00 bits per heavy atom. The van der Waals surface area contributed by atoms with E-state index >= 15 is 0 Å². The van der Waals surface area contributed by atoms with Gasteiger partial charge in [0.05, 0.1) is 11.9 Å². The number of rotatable bonds is 4. The number of hydrogen-bond acceptors (Lipinski definition) is 3. The summed E-state index contributed by atoms with van der Waals surface area (Å²) >= 11 is 0. The van der Waals surface area contributed by atoms with Crippen molar-refractivity contribution in [3.05, 3.63) is 65.6 Å². The topological polar surface area (TPSA) is 86.5 Å². The third-order valence-corrected chi connectivity index (χ3v) is 5.06. The van der Waals surface area contributed by atoms with Crippen LogP contribution in [0.5, 0.6) is 0 Å². The monoisotopic (exact) mass is 357 g/mol. The third kappa shape index (κ3) is 2.89. The van der Waals surface area contributed by atoms with Gasteiger partial charge in [0.25, 0.3) is 5.91 Å². The van der Waals surface area contributed by atoms with Crippen molar-refractivity contribution in [3.8, 4) is 11.3 Å². The Kier molecular flexibility index (Phi) is 3.57. The Balaban J connectivity index is 1.41. The molecule has 0 atom stereocenters. The molecule has 5 rings (SSSR count). The fourth-order valence-corrected chi connectivity index (χ4v) is 3.45. The van der Waals surface area contributed by atoms with Crippen LogP contribution in [-0.2, 0) is 0 Å². The largest absolute Gasteiger partial charge is 0.339 e. The first-order chi connectivity index (χ1) is 13.2. The maximum atomic E-state index is 12.6. The fourth-order valence-electron chi connectivity index (χ4n) is 3.45. The summed E-state index contributed by atoms with van der Waals surface area (Å²) in [7, 11) is 0. The molecular weight excluding hydrogens is 338 g/mol. The summed E-state index contributed by atoms with van der Waals surface area (Å²) in [6.45, 7) is 1.95. The molecule has 3 heterocycles. The number of nitrogens with one attached hydrogen (secondary N) is 3. The van der Waals surface area contributed by atoms with Gasteiger partial charge in [-0.1, -0.05) is 30.3 Å². The molecule has 4 aromatic rings. The number of aromatic nitrogens is 4. The van der Waals surface area contributed by atoms with Gasteiger partial charge < -0.3 is 10.3 Å².